The molecule has 0 amide bonds. The van der Waals surface area contributed by atoms with Gasteiger partial charge in [-0.25, -0.2) is 8.42 Å². The Kier molecular flexibility index (Phi) is 6.91. The van der Waals surface area contributed by atoms with E-state index in [1.165, 1.54) is 21.9 Å². The number of benzene rings is 1. The minimum absolute atomic E-state index is 0.0219. The van der Waals surface area contributed by atoms with Crippen molar-refractivity contribution in [2.75, 3.05) is 12.8 Å². The smallest absolute Gasteiger partial charge is 0.211 e. The summed E-state index contributed by atoms with van der Waals surface area (Å²) in [5, 5.41) is 23.6. The monoisotopic (exact) mass is 635 g/mol. The number of ketones is 1. The zero-order chi connectivity index (χ0) is 31.3. The zero-order valence-electron chi connectivity index (χ0n) is 26.3. The van der Waals surface area contributed by atoms with E-state index in [0.29, 0.717) is 12.8 Å². The molecule has 2 spiro atoms. The van der Waals surface area contributed by atoms with Gasteiger partial charge in [0.15, 0.2) is 5.78 Å². The Balaban J connectivity index is 1.33. The standard InChI is InChI=1S/C36H45NO5S2/c1-24-10-11-28(43-24)31(39)27-21-34-18-19-36(27)29(32(34,2)15-12-26(38)20-34)13-16-33(3)30(36)14-17-35(33,40)23-37(44(4,41)42)22-25-8-6-5-7-9-25/h5-11,18-19,21,26,29-30,38,40H,12-17,20,22-23H2,1-4H3/t26?,29-,30-,32-,33+,34+,35-,36-/m1/s1. The van der Waals surface area contributed by atoms with Crippen molar-refractivity contribution in [2.45, 2.75) is 84.0 Å². The van der Waals surface area contributed by atoms with E-state index in [1.54, 1.807) is 0 Å². The minimum atomic E-state index is -3.61. The molecule has 44 heavy (non-hydrogen) atoms. The molecule has 0 saturated heterocycles. The van der Waals surface area contributed by atoms with Gasteiger partial charge in [-0.05, 0) is 86.8 Å². The number of thiophene rings is 1. The normalized spacial score (nSPS) is 40.8. The molecule has 2 aromatic rings. The van der Waals surface area contributed by atoms with Gasteiger partial charge in [-0.15, -0.1) is 11.3 Å². The highest BCUT2D eigenvalue weighted by Crippen LogP contribution is 2.78. The fourth-order valence-electron chi connectivity index (χ4n) is 10.7. The van der Waals surface area contributed by atoms with Gasteiger partial charge < -0.3 is 10.2 Å². The molecule has 1 aromatic heterocycles. The van der Waals surface area contributed by atoms with Crippen LogP contribution >= 0.6 is 11.3 Å². The first-order chi connectivity index (χ1) is 20.7. The summed E-state index contributed by atoms with van der Waals surface area (Å²) in [7, 11) is -3.61. The second-order valence-corrected chi connectivity index (χ2v) is 18.3. The van der Waals surface area contributed by atoms with Crippen molar-refractivity contribution < 1.29 is 23.4 Å². The molecule has 2 N–H and O–H groups in total. The first-order valence-electron chi connectivity index (χ1n) is 16.1. The lowest BCUT2D eigenvalue weighted by Crippen LogP contribution is -2.67. The number of carbonyl (C=O) groups excluding carboxylic acids is 1. The Morgan fingerprint density at radius 3 is 2.34 bits per heavy atom. The summed E-state index contributed by atoms with van der Waals surface area (Å²) in [6.07, 6.45) is 12.8. The van der Waals surface area contributed by atoms with Gasteiger partial charge in [-0.3, -0.25) is 4.79 Å². The predicted molar refractivity (Wildman–Crippen MR) is 174 cm³/mol. The third kappa shape index (κ3) is 4.13. The molecule has 0 aliphatic heterocycles. The molecule has 1 aromatic carbocycles. The van der Waals surface area contributed by atoms with Crippen molar-refractivity contribution in [3.63, 3.8) is 0 Å². The summed E-state index contributed by atoms with van der Waals surface area (Å²) in [6.45, 7) is 6.80. The summed E-state index contributed by atoms with van der Waals surface area (Å²) in [4.78, 5) is 16.4. The molecule has 6 aliphatic carbocycles. The van der Waals surface area contributed by atoms with Crippen molar-refractivity contribution in [2.24, 2.45) is 33.5 Å². The molecule has 8 atom stereocenters. The number of hydrogen-bond donors (Lipinski definition) is 2. The lowest BCUT2D eigenvalue weighted by Gasteiger charge is -2.71. The van der Waals surface area contributed by atoms with Gasteiger partial charge in [-0.1, -0.05) is 62.4 Å². The van der Waals surface area contributed by atoms with Gasteiger partial charge in [-0.2, -0.15) is 4.31 Å². The number of fused-ring (bicyclic) bond motifs is 1. The van der Waals surface area contributed by atoms with Crippen LogP contribution in [0.15, 0.2) is 66.3 Å². The summed E-state index contributed by atoms with van der Waals surface area (Å²) in [5.74, 6) is 0.250. The van der Waals surface area contributed by atoms with Crippen molar-refractivity contribution in [1.82, 2.24) is 4.31 Å². The Bertz CT molecular complexity index is 1660. The molecule has 8 heteroatoms. The Hall–Kier alpha value is -2.10. The van der Waals surface area contributed by atoms with Crippen LogP contribution in [0.25, 0.3) is 0 Å². The highest BCUT2D eigenvalue weighted by atomic mass is 32.2. The highest BCUT2D eigenvalue weighted by molar-refractivity contribution is 7.88. The molecule has 3 fully saturated rings. The molecular weight excluding hydrogens is 591 g/mol. The van der Waals surface area contributed by atoms with E-state index in [9.17, 15) is 23.4 Å². The third-order valence-electron chi connectivity index (χ3n) is 13.0. The maximum absolute atomic E-state index is 14.6. The molecule has 6 aliphatic rings. The van der Waals surface area contributed by atoms with Crippen LogP contribution in [-0.2, 0) is 16.6 Å². The van der Waals surface area contributed by atoms with E-state index in [1.807, 2.05) is 49.4 Å². The fourth-order valence-corrected chi connectivity index (χ4v) is 12.3. The topological polar surface area (TPSA) is 94.9 Å². The van der Waals surface area contributed by atoms with Crippen LogP contribution in [-0.4, -0.2) is 53.2 Å². The van der Waals surface area contributed by atoms with E-state index in [2.05, 4.69) is 32.1 Å². The maximum Gasteiger partial charge on any atom is 0.211 e. The Morgan fingerprint density at radius 2 is 1.66 bits per heavy atom. The molecule has 2 bridgehead atoms. The molecular formula is C36H45NO5S2. The lowest BCUT2D eigenvalue weighted by molar-refractivity contribution is -0.173. The van der Waals surface area contributed by atoms with Crippen molar-refractivity contribution in [3.05, 3.63) is 81.6 Å². The fraction of sp³-hybridized carbons (Fsp3) is 0.583. The predicted octanol–water partition coefficient (Wildman–Crippen LogP) is 6.29. The molecule has 1 heterocycles. The molecule has 6 nitrogen and oxygen atoms in total. The van der Waals surface area contributed by atoms with Gasteiger partial charge in [0.1, 0.15) is 0 Å². The first kappa shape index (κ1) is 30.5. The van der Waals surface area contributed by atoms with Crippen LogP contribution in [0.3, 0.4) is 0 Å². The van der Waals surface area contributed by atoms with E-state index >= 15 is 0 Å². The number of Topliss-reactive ketones (excluding diaryl/α,β-unsaturated/α-hetero) is 1. The third-order valence-corrected chi connectivity index (χ3v) is 15.2. The number of sulfonamides is 1. The van der Waals surface area contributed by atoms with E-state index in [4.69, 9.17) is 0 Å². The average Bonchev–Trinajstić information content (AvgIpc) is 3.52. The van der Waals surface area contributed by atoms with E-state index in [-0.39, 0.29) is 41.5 Å². The minimum Gasteiger partial charge on any atom is -0.393 e. The van der Waals surface area contributed by atoms with Gasteiger partial charge in [0, 0.05) is 39.8 Å². The summed E-state index contributed by atoms with van der Waals surface area (Å²) in [5.41, 5.74) is -1.16. The van der Waals surface area contributed by atoms with Crippen LogP contribution in [0.1, 0.15) is 78.9 Å². The quantitative estimate of drug-likeness (QED) is 0.276. The lowest BCUT2D eigenvalue weighted by atomic mass is 9.32. The maximum atomic E-state index is 14.6. The molecule has 236 valence electrons. The second-order valence-electron chi connectivity index (χ2n) is 15.1. The van der Waals surface area contributed by atoms with Gasteiger partial charge in [0.2, 0.25) is 10.0 Å². The van der Waals surface area contributed by atoms with E-state index < -0.39 is 32.6 Å². The van der Waals surface area contributed by atoms with Crippen LogP contribution in [0, 0.1) is 40.4 Å². The summed E-state index contributed by atoms with van der Waals surface area (Å²) >= 11 is 1.53. The summed E-state index contributed by atoms with van der Waals surface area (Å²) < 4.78 is 27.7. The Morgan fingerprint density at radius 1 is 0.977 bits per heavy atom. The number of allylic oxidation sites excluding steroid dienone is 4. The van der Waals surface area contributed by atoms with Gasteiger partial charge >= 0.3 is 0 Å². The number of carbonyl (C=O) groups is 1. The van der Waals surface area contributed by atoms with Crippen molar-refractivity contribution in [1.29, 1.82) is 0 Å². The van der Waals surface area contributed by atoms with Gasteiger partial charge in [0.25, 0.3) is 0 Å². The SMILES string of the molecule is Cc1ccc(C(=O)C2=C[C@@]34C=C[C@@]25[C@@H]2CC[C@@](O)(CN(Cc6ccccc6)S(C)(=O)=O)[C@@]2(C)CC[C@@H]5[C@@]3(C)CCC(O)C4)s1. The molecule has 1 unspecified atom stereocenters. The number of nitrogens with zero attached hydrogens (tertiary/aromatic N) is 1. The largest absolute Gasteiger partial charge is 0.393 e. The summed E-state index contributed by atoms with van der Waals surface area (Å²) in [6, 6.07) is 13.5. The number of hydrogen-bond acceptors (Lipinski definition) is 6. The number of aliphatic hydroxyl groups excluding tert-OH is 1. The number of aliphatic hydroxyl groups is 2. The Labute approximate surface area is 265 Å². The first-order valence-corrected chi connectivity index (χ1v) is 18.8. The van der Waals surface area contributed by atoms with E-state index in [0.717, 1.165) is 53.0 Å². The number of aryl methyl sites for hydroxylation is 1. The zero-order valence-corrected chi connectivity index (χ0v) is 27.9. The van der Waals surface area contributed by atoms with Crippen LogP contribution in [0.5, 0.6) is 0 Å². The van der Waals surface area contributed by atoms with Crippen LogP contribution < -0.4 is 0 Å². The van der Waals surface area contributed by atoms with Crippen LogP contribution in [0.4, 0.5) is 0 Å². The van der Waals surface area contributed by atoms with Crippen LogP contribution in [0.2, 0.25) is 0 Å². The van der Waals surface area contributed by atoms with Crippen molar-refractivity contribution >= 4 is 27.1 Å². The van der Waals surface area contributed by atoms with Gasteiger partial charge in [0.05, 0.1) is 22.8 Å². The highest BCUT2D eigenvalue weighted by Gasteiger charge is 2.74. The number of rotatable bonds is 7. The molecule has 0 radical (unpaired) electrons. The van der Waals surface area contributed by atoms with Crippen molar-refractivity contribution in [3.8, 4) is 0 Å². The molecule has 3 saturated carbocycles. The molecule has 8 rings (SSSR count). The second kappa shape index (κ2) is 9.95. The average molecular weight is 636 g/mol.